The SMILES string of the molecule is CCOC(OCC)C(F)(F)CO. The predicted molar refractivity (Wildman–Crippen MR) is 39.1 cm³/mol. The lowest BCUT2D eigenvalue weighted by atomic mass is 10.3. The number of aliphatic hydroxyl groups excluding tert-OH is 1. The Morgan fingerprint density at radius 3 is 1.92 bits per heavy atom. The molecule has 5 heteroatoms. The fraction of sp³-hybridized carbons (Fsp3) is 1.00. The molecule has 0 aromatic heterocycles. The number of ether oxygens (including phenoxy) is 2. The highest BCUT2D eigenvalue weighted by molar-refractivity contribution is 4.69. The molecule has 0 spiro atoms. The number of alkyl halides is 2. The second kappa shape index (κ2) is 5.40. The van der Waals surface area contributed by atoms with Crippen LogP contribution in [0, 0.1) is 0 Å². The summed E-state index contributed by atoms with van der Waals surface area (Å²) in [6.07, 6.45) is -1.64. The molecule has 0 amide bonds. The standard InChI is InChI=1S/C7H14F2O3/c1-3-11-6(12-4-2)7(8,9)5-10/h6,10H,3-5H2,1-2H3. The summed E-state index contributed by atoms with van der Waals surface area (Å²) in [5.41, 5.74) is 0. The highest BCUT2D eigenvalue weighted by atomic mass is 19.3. The van der Waals surface area contributed by atoms with E-state index in [1.54, 1.807) is 13.8 Å². The predicted octanol–water partition coefficient (Wildman–Crippen LogP) is 1.01. The average molecular weight is 184 g/mol. The van der Waals surface area contributed by atoms with Gasteiger partial charge in [-0.15, -0.1) is 0 Å². The summed E-state index contributed by atoms with van der Waals surface area (Å²) in [6, 6.07) is 0. The van der Waals surface area contributed by atoms with E-state index in [9.17, 15) is 8.78 Å². The number of halogens is 2. The van der Waals surface area contributed by atoms with Crippen LogP contribution in [0.2, 0.25) is 0 Å². The van der Waals surface area contributed by atoms with E-state index in [1.165, 1.54) is 0 Å². The van der Waals surface area contributed by atoms with Gasteiger partial charge in [-0.25, -0.2) is 0 Å². The summed E-state index contributed by atoms with van der Waals surface area (Å²) >= 11 is 0. The van der Waals surface area contributed by atoms with E-state index in [0.29, 0.717) is 0 Å². The van der Waals surface area contributed by atoms with Gasteiger partial charge >= 0.3 is 5.92 Å². The van der Waals surface area contributed by atoms with E-state index in [4.69, 9.17) is 5.11 Å². The van der Waals surface area contributed by atoms with Crippen LogP contribution in [0.15, 0.2) is 0 Å². The molecule has 0 aliphatic carbocycles. The van der Waals surface area contributed by atoms with Gasteiger partial charge in [-0.3, -0.25) is 0 Å². The maximum absolute atomic E-state index is 12.7. The summed E-state index contributed by atoms with van der Waals surface area (Å²) < 4.78 is 34.6. The normalized spacial score (nSPS) is 12.5. The first-order valence-electron chi connectivity index (χ1n) is 3.80. The zero-order chi connectivity index (χ0) is 9.61. The van der Waals surface area contributed by atoms with E-state index in [-0.39, 0.29) is 13.2 Å². The summed E-state index contributed by atoms with van der Waals surface area (Å²) in [4.78, 5) is 0. The molecule has 0 aliphatic heterocycles. The third-order valence-corrected chi connectivity index (χ3v) is 1.19. The number of hydrogen-bond acceptors (Lipinski definition) is 3. The van der Waals surface area contributed by atoms with Gasteiger partial charge in [0.25, 0.3) is 0 Å². The van der Waals surface area contributed by atoms with E-state index >= 15 is 0 Å². The van der Waals surface area contributed by atoms with Crippen LogP contribution in [0.4, 0.5) is 8.78 Å². The molecule has 0 aromatic rings. The lowest BCUT2D eigenvalue weighted by Crippen LogP contribution is -2.41. The van der Waals surface area contributed by atoms with Crippen molar-refractivity contribution in [1.82, 2.24) is 0 Å². The second-order valence-electron chi connectivity index (χ2n) is 2.16. The van der Waals surface area contributed by atoms with E-state index in [0.717, 1.165) is 0 Å². The van der Waals surface area contributed by atoms with Gasteiger partial charge in [0.15, 0.2) is 0 Å². The minimum Gasteiger partial charge on any atom is -0.390 e. The fourth-order valence-electron chi connectivity index (χ4n) is 0.669. The van der Waals surface area contributed by atoms with Crippen molar-refractivity contribution in [3.63, 3.8) is 0 Å². The lowest BCUT2D eigenvalue weighted by Gasteiger charge is -2.24. The number of rotatable bonds is 6. The van der Waals surface area contributed by atoms with Crippen LogP contribution in [0.25, 0.3) is 0 Å². The first-order valence-corrected chi connectivity index (χ1v) is 3.80. The number of hydrogen-bond donors (Lipinski definition) is 1. The van der Waals surface area contributed by atoms with Gasteiger partial charge in [0.05, 0.1) is 0 Å². The summed E-state index contributed by atoms with van der Waals surface area (Å²) in [6.45, 7) is 2.15. The minimum absolute atomic E-state index is 0.125. The highest BCUT2D eigenvalue weighted by Crippen LogP contribution is 2.21. The molecule has 0 aromatic carbocycles. The molecule has 12 heavy (non-hydrogen) atoms. The molecular weight excluding hydrogens is 170 g/mol. The molecule has 3 nitrogen and oxygen atoms in total. The van der Waals surface area contributed by atoms with Crippen LogP contribution in [-0.2, 0) is 9.47 Å². The maximum atomic E-state index is 12.7. The number of aliphatic hydroxyl groups is 1. The molecule has 0 radical (unpaired) electrons. The van der Waals surface area contributed by atoms with Crippen LogP contribution in [0.1, 0.15) is 13.8 Å². The Hall–Kier alpha value is -0.260. The van der Waals surface area contributed by atoms with Crippen LogP contribution >= 0.6 is 0 Å². The van der Waals surface area contributed by atoms with Crippen LogP contribution in [0.3, 0.4) is 0 Å². The third-order valence-electron chi connectivity index (χ3n) is 1.19. The van der Waals surface area contributed by atoms with Gasteiger partial charge in [0.2, 0.25) is 6.29 Å². The molecule has 74 valence electrons. The van der Waals surface area contributed by atoms with Crippen molar-refractivity contribution in [3.05, 3.63) is 0 Å². The van der Waals surface area contributed by atoms with Crippen molar-refractivity contribution in [2.75, 3.05) is 19.8 Å². The van der Waals surface area contributed by atoms with Crippen molar-refractivity contribution in [2.24, 2.45) is 0 Å². The molecule has 0 bridgehead atoms. The largest absolute Gasteiger partial charge is 0.390 e. The molecule has 0 heterocycles. The Labute approximate surface area is 70.3 Å². The van der Waals surface area contributed by atoms with E-state index < -0.39 is 18.8 Å². The first-order chi connectivity index (χ1) is 5.58. The van der Waals surface area contributed by atoms with Crippen molar-refractivity contribution in [3.8, 4) is 0 Å². The Morgan fingerprint density at radius 2 is 1.67 bits per heavy atom. The van der Waals surface area contributed by atoms with Gasteiger partial charge < -0.3 is 14.6 Å². The smallest absolute Gasteiger partial charge is 0.320 e. The van der Waals surface area contributed by atoms with Crippen molar-refractivity contribution >= 4 is 0 Å². The van der Waals surface area contributed by atoms with Gasteiger partial charge in [-0.1, -0.05) is 0 Å². The zero-order valence-electron chi connectivity index (χ0n) is 7.22. The first kappa shape index (κ1) is 11.7. The lowest BCUT2D eigenvalue weighted by molar-refractivity contribution is -0.264. The van der Waals surface area contributed by atoms with Gasteiger partial charge in [-0.2, -0.15) is 8.78 Å². The quantitative estimate of drug-likeness (QED) is 0.626. The zero-order valence-corrected chi connectivity index (χ0v) is 7.22. The molecule has 1 N–H and O–H groups in total. The minimum atomic E-state index is -3.33. The summed E-state index contributed by atoms with van der Waals surface area (Å²) in [5, 5.41) is 8.31. The van der Waals surface area contributed by atoms with Gasteiger partial charge in [0, 0.05) is 13.2 Å². The molecule has 0 aliphatic rings. The maximum Gasteiger partial charge on any atom is 0.320 e. The Kier molecular flexibility index (Phi) is 5.28. The fourth-order valence-corrected chi connectivity index (χ4v) is 0.669. The highest BCUT2D eigenvalue weighted by Gasteiger charge is 2.40. The molecular formula is C7H14F2O3. The molecule has 0 unspecified atom stereocenters. The van der Waals surface area contributed by atoms with E-state index in [1.807, 2.05) is 0 Å². The molecule has 0 saturated heterocycles. The van der Waals surface area contributed by atoms with Gasteiger partial charge in [0.1, 0.15) is 6.61 Å². The molecule has 0 rings (SSSR count). The summed E-state index contributed by atoms with van der Waals surface area (Å²) in [5.74, 6) is -3.33. The van der Waals surface area contributed by atoms with Crippen molar-refractivity contribution < 1.29 is 23.4 Å². The van der Waals surface area contributed by atoms with E-state index in [2.05, 4.69) is 9.47 Å². The molecule has 0 saturated carbocycles. The summed E-state index contributed by atoms with van der Waals surface area (Å²) in [7, 11) is 0. The third kappa shape index (κ3) is 3.42. The van der Waals surface area contributed by atoms with Crippen molar-refractivity contribution in [1.29, 1.82) is 0 Å². The van der Waals surface area contributed by atoms with Crippen LogP contribution in [-0.4, -0.2) is 37.1 Å². The van der Waals surface area contributed by atoms with Crippen molar-refractivity contribution in [2.45, 2.75) is 26.1 Å². The van der Waals surface area contributed by atoms with Gasteiger partial charge in [-0.05, 0) is 13.8 Å². The second-order valence-corrected chi connectivity index (χ2v) is 2.16. The Morgan fingerprint density at radius 1 is 1.25 bits per heavy atom. The average Bonchev–Trinajstić information content (AvgIpc) is 2.04. The monoisotopic (exact) mass is 184 g/mol. The van der Waals surface area contributed by atoms with Crippen LogP contribution in [0.5, 0.6) is 0 Å². The molecule has 0 fully saturated rings. The topological polar surface area (TPSA) is 38.7 Å². The Balaban J connectivity index is 4.07. The Bertz CT molecular complexity index is 113. The molecule has 0 atom stereocenters. The van der Waals surface area contributed by atoms with Crippen LogP contribution < -0.4 is 0 Å².